The number of likely N-dealkylation sites (tertiary alicyclic amines) is 1. The molecule has 0 bridgehead atoms. The van der Waals surface area contributed by atoms with Crippen LogP contribution < -0.4 is 5.32 Å². The molecule has 1 aliphatic rings. The first-order valence-corrected chi connectivity index (χ1v) is 11.2. The van der Waals surface area contributed by atoms with Crippen LogP contribution in [0.5, 0.6) is 0 Å². The molecule has 1 saturated heterocycles. The Morgan fingerprint density at radius 3 is 2.63 bits per heavy atom. The van der Waals surface area contributed by atoms with Crippen molar-refractivity contribution in [3.8, 4) is 0 Å². The molecule has 11 nitrogen and oxygen atoms in total. The highest BCUT2D eigenvalue weighted by atomic mass is 16.6. The number of alkyl carbamates (subject to hydrolysis) is 1. The van der Waals surface area contributed by atoms with Gasteiger partial charge in [0.2, 0.25) is 0 Å². The molecule has 1 fully saturated rings. The molecule has 1 heterocycles. The van der Waals surface area contributed by atoms with Gasteiger partial charge in [0.1, 0.15) is 18.0 Å². The van der Waals surface area contributed by atoms with E-state index in [1.165, 1.54) is 4.90 Å². The number of ether oxygens (including phenoxy) is 2. The molecule has 0 unspecified atom stereocenters. The zero-order valence-electron chi connectivity index (χ0n) is 20.3. The van der Waals surface area contributed by atoms with E-state index in [0.717, 1.165) is 5.56 Å². The molecule has 1 aromatic carbocycles. The number of Topliss-reactive ketones (excluding diaryl/α,β-unsaturated/α-hetero) is 1. The van der Waals surface area contributed by atoms with Gasteiger partial charge < -0.3 is 19.7 Å². The number of nitrogens with zero attached hydrogens (tertiary/aromatic N) is 4. The average molecular weight is 485 g/mol. The molecule has 2 atom stereocenters. The van der Waals surface area contributed by atoms with Crippen LogP contribution in [-0.2, 0) is 25.7 Å². The summed E-state index contributed by atoms with van der Waals surface area (Å²) in [4.78, 5) is 41.7. The number of amides is 1. The van der Waals surface area contributed by atoms with Crippen LogP contribution in [-0.4, -0.2) is 59.4 Å². The second-order valence-corrected chi connectivity index (χ2v) is 9.29. The first-order valence-electron chi connectivity index (χ1n) is 11.2. The van der Waals surface area contributed by atoms with Crippen molar-refractivity contribution in [2.45, 2.75) is 51.4 Å². The normalized spacial score (nSPS) is 19.3. The topological polar surface area (TPSA) is 158 Å². The van der Waals surface area contributed by atoms with Gasteiger partial charge in [-0.3, -0.25) is 15.0 Å². The molecule has 1 aliphatic heterocycles. The molecule has 35 heavy (non-hydrogen) atoms. The van der Waals surface area contributed by atoms with Crippen molar-refractivity contribution < 1.29 is 23.9 Å². The maximum atomic E-state index is 13.2. The first-order chi connectivity index (χ1) is 16.5. The van der Waals surface area contributed by atoms with Gasteiger partial charge in [0.15, 0.2) is 11.3 Å². The highest BCUT2D eigenvalue weighted by Crippen LogP contribution is 2.36. The number of esters is 1. The number of amidine groups is 1. The zero-order valence-corrected chi connectivity index (χ0v) is 20.3. The highest BCUT2D eigenvalue weighted by molar-refractivity contribution is 6.01. The van der Waals surface area contributed by atoms with Crippen molar-refractivity contribution in [2.75, 3.05) is 19.6 Å². The van der Waals surface area contributed by atoms with Crippen molar-refractivity contribution in [2.24, 2.45) is 11.0 Å². The summed E-state index contributed by atoms with van der Waals surface area (Å²) in [6.07, 6.45) is 0.951. The predicted octanol–water partition coefficient (Wildman–Crippen LogP) is 3.75. The van der Waals surface area contributed by atoms with E-state index in [4.69, 9.17) is 14.9 Å². The lowest BCUT2D eigenvalue weighted by atomic mass is 9.85. The van der Waals surface area contributed by atoms with Gasteiger partial charge >= 0.3 is 12.1 Å². The van der Waals surface area contributed by atoms with Crippen LogP contribution in [0.1, 0.15) is 39.2 Å². The lowest BCUT2D eigenvalue weighted by Gasteiger charge is -2.26. The number of allylic oxidation sites excluding steroid dienone is 1. The SMILES string of the molecule is C=CC[C@H]1CN(C(=N)CC(=O)CNC(=O)OC(C)(C)C)C[C@@]1(N=[N+]=[N-])C(=O)OCc1ccccc1. The van der Waals surface area contributed by atoms with Crippen LogP contribution in [0.2, 0.25) is 0 Å². The Morgan fingerprint density at radius 2 is 2.03 bits per heavy atom. The standard InChI is InChI=1S/C24H32N6O5/c1-5-9-18-14-30(20(25)12-19(31)13-27-22(33)35-23(2,3)4)16-24(18,28-29-26)21(32)34-15-17-10-7-6-8-11-17/h5-8,10-11,18,25H,1,9,12-16H2,2-4H3,(H,27,33)/t18-,24-/m0/s1. The van der Waals surface area contributed by atoms with Gasteiger partial charge in [-0.05, 0) is 38.3 Å². The Kier molecular flexibility index (Phi) is 9.42. The van der Waals surface area contributed by atoms with E-state index in [1.807, 2.05) is 30.3 Å². The molecule has 0 radical (unpaired) electrons. The summed E-state index contributed by atoms with van der Waals surface area (Å²) in [7, 11) is 0. The third-order valence-electron chi connectivity index (χ3n) is 5.36. The first kappa shape index (κ1) is 27.4. The molecular weight excluding hydrogens is 452 g/mol. The Morgan fingerprint density at radius 1 is 1.34 bits per heavy atom. The van der Waals surface area contributed by atoms with Crippen molar-refractivity contribution in [3.05, 3.63) is 59.0 Å². The molecular formula is C24H32N6O5. The molecule has 0 aromatic heterocycles. The zero-order chi connectivity index (χ0) is 26.1. The van der Waals surface area contributed by atoms with Crippen LogP contribution in [0.25, 0.3) is 10.4 Å². The van der Waals surface area contributed by atoms with Gasteiger partial charge in [-0.15, -0.1) is 6.58 Å². The van der Waals surface area contributed by atoms with Gasteiger partial charge in [0, 0.05) is 23.9 Å². The van der Waals surface area contributed by atoms with Crippen molar-refractivity contribution >= 4 is 23.7 Å². The number of nitrogens with one attached hydrogen (secondary N) is 2. The minimum absolute atomic E-state index is 0.00937. The monoisotopic (exact) mass is 484 g/mol. The van der Waals surface area contributed by atoms with Gasteiger partial charge in [-0.1, -0.05) is 41.5 Å². The highest BCUT2D eigenvalue weighted by Gasteiger charge is 2.53. The van der Waals surface area contributed by atoms with Gasteiger partial charge in [0.05, 0.1) is 13.0 Å². The number of hydrogen-bond acceptors (Lipinski definition) is 7. The van der Waals surface area contributed by atoms with Crippen molar-refractivity contribution in [3.63, 3.8) is 0 Å². The summed E-state index contributed by atoms with van der Waals surface area (Å²) in [6.45, 7) is 8.65. The molecule has 0 saturated carbocycles. The summed E-state index contributed by atoms with van der Waals surface area (Å²) in [5.41, 5.74) is 7.74. The largest absolute Gasteiger partial charge is 0.460 e. The number of rotatable bonds is 10. The van der Waals surface area contributed by atoms with Crippen LogP contribution in [0.15, 0.2) is 48.1 Å². The Labute approximate surface area is 204 Å². The number of hydrogen-bond donors (Lipinski definition) is 2. The fourth-order valence-corrected chi connectivity index (χ4v) is 3.74. The van der Waals surface area contributed by atoms with Crippen LogP contribution >= 0.6 is 0 Å². The Hall–Kier alpha value is -3.85. The summed E-state index contributed by atoms with van der Waals surface area (Å²) < 4.78 is 10.6. The minimum atomic E-state index is -1.57. The Bertz CT molecular complexity index is 999. The van der Waals surface area contributed by atoms with E-state index in [1.54, 1.807) is 26.8 Å². The number of carbonyl (C=O) groups is 3. The molecule has 188 valence electrons. The van der Waals surface area contributed by atoms with E-state index in [-0.39, 0.29) is 38.5 Å². The third kappa shape index (κ3) is 7.86. The summed E-state index contributed by atoms with van der Waals surface area (Å²) >= 11 is 0. The molecule has 11 heteroatoms. The maximum Gasteiger partial charge on any atom is 0.408 e. The van der Waals surface area contributed by atoms with Crippen LogP contribution in [0, 0.1) is 11.3 Å². The number of azide groups is 1. The average Bonchev–Trinajstić information content (AvgIpc) is 3.15. The van der Waals surface area contributed by atoms with Crippen LogP contribution in [0.3, 0.4) is 0 Å². The van der Waals surface area contributed by atoms with E-state index in [0.29, 0.717) is 6.42 Å². The number of carbonyl (C=O) groups excluding carboxylic acids is 3. The predicted molar refractivity (Wildman–Crippen MR) is 130 cm³/mol. The quantitative estimate of drug-likeness (QED) is 0.0979. The van der Waals surface area contributed by atoms with E-state index < -0.39 is 34.9 Å². The second-order valence-electron chi connectivity index (χ2n) is 9.29. The molecule has 2 rings (SSSR count). The molecule has 2 N–H and O–H groups in total. The molecule has 0 spiro atoms. The minimum Gasteiger partial charge on any atom is -0.460 e. The van der Waals surface area contributed by atoms with E-state index >= 15 is 0 Å². The lowest BCUT2D eigenvalue weighted by Crippen LogP contribution is -2.46. The van der Waals surface area contributed by atoms with Gasteiger partial charge in [-0.2, -0.15) is 0 Å². The fraction of sp³-hybridized carbons (Fsp3) is 0.500. The Balaban J connectivity index is 2.07. The van der Waals surface area contributed by atoms with E-state index in [2.05, 4.69) is 21.9 Å². The van der Waals surface area contributed by atoms with Gasteiger partial charge in [0.25, 0.3) is 0 Å². The summed E-state index contributed by atoms with van der Waals surface area (Å²) in [5.74, 6) is -1.65. The molecule has 1 aromatic rings. The molecule has 1 amide bonds. The molecule has 0 aliphatic carbocycles. The summed E-state index contributed by atoms with van der Waals surface area (Å²) in [6, 6.07) is 9.10. The second kappa shape index (κ2) is 12.0. The lowest BCUT2D eigenvalue weighted by molar-refractivity contribution is -0.152. The van der Waals surface area contributed by atoms with Crippen molar-refractivity contribution in [1.82, 2.24) is 10.2 Å². The van der Waals surface area contributed by atoms with Gasteiger partial charge in [-0.25, -0.2) is 4.79 Å². The third-order valence-corrected chi connectivity index (χ3v) is 5.36. The van der Waals surface area contributed by atoms with E-state index in [9.17, 15) is 19.9 Å². The fourth-order valence-electron chi connectivity index (χ4n) is 3.74. The summed E-state index contributed by atoms with van der Waals surface area (Å²) in [5, 5.41) is 14.6. The number of benzene rings is 1. The van der Waals surface area contributed by atoms with Crippen molar-refractivity contribution in [1.29, 1.82) is 5.41 Å². The smallest absolute Gasteiger partial charge is 0.408 e. The van der Waals surface area contributed by atoms with Crippen LogP contribution in [0.4, 0.5) is 4.79 Å². The number of ketones is 1. The maximum absolute atomic E-state index is 13.2.